The average Bonchev–Trinajstić information content (AvgIpc) is 2.52. The number of hydrogen-bond donors (Lipinski definition) is 1. The molecule has 1 aromatic carbocycles. The van der Waals surface area contributed by atoms with Crippen LogP contribution < -0.4 is 4.90 Å². The molecule has 21 heavy (non-hydrogen) atoms. The number of aromatic nitrogens is 2. The van der Waals surface area contributed by atoms with Crippen molar-refractivity contribution in [1.82, 2.24) is 9.97 Å². The Morgan fingerprint density at radius 1 is 1.10 bits per heavy atom. The molecule has 0 bridgehead atoms. The van der Waals surface area contributed by atoms with Crippen molar-refractivity contribution < 1.29 is 5.11 Å². The van der Waals surface area contributed by atoms with E-state index in [0.29, 0.717) is 5.02 Å². The van der Waals surface area contributed by atoms with Gasteiger partial charge in [0.15, 0.2) is 0 Å². The smallest absolute Gasteiger partial charge is 0.134 e. The molecule has 2 heterocycles. The standard InChI is InChI=1S/C16H18ClN3O/c1-11-7-15(21)13(17)8-12(11)14-9-16(19-10-18-14)20-5-3-2-4-6-20/h7-10,21H,2-6H2,1H3. The molecule has 1 aliphatic rings. The second-order valence-electron chi connectivity index (χ2n) is 5.43. The third kappa shape index (κ3) is 2.95. The number of hydrogen-bond acceptors (Lipinski definition) is 4. The predicted octanol–water partition coefficient (Wildman–Crippen LogP) is 3.80. The van der Waals surface area contributed by atoms with Crippen LogP contribution in [-0.2, 0) is 0 Å². The molecular formula is C16H18ClN3O. The van der Waals surface area contributed by atoms with Crippen molar-refractivity contribution in [2.45, 2.75) is 26.2 Å². The monoisotopic (exact) mass is 303 g/mol. The number of phenolic OH excluding ortho intramolecular Hbond substituents is 1. The van der Waals surface area contributed by atoms with Gasteiger partial charge in [-0.2, -0.15) is 0 Å². The van der Waals surface area contributed by atoms with Crippen molar-refractivity contribution in [2.24, 2.45) is 0 Å². The van der Waals surface area contributed by atoms with Crippen molar-refractivity contribution in [3.63, 3.8) is 0 Å². The summed E-state index contributed by atoms with van der Waals surface area (Å²) in [6.07, 6.45) is 5.31. The van der Waals surface area contributed by atoms with Crippen LogP contribution in [0.15, 0.2) is 24.5 Å². The summed E-state index contributed by atoms with van der Waals surface area (Å²) in [6, 6.07) is 5.43. The Morgan fingerprint density at radius 3 is 2.62 bits per heavy atom. The highest BCUT2D eigenvalue weighted by molar-refractivity contribution is 6.32. The SMILES string of the molecule is Cc1cc(O)c(Cl)cc1-c1cc(N2CCCCC2)ncn1. The second kappa shape index (κ2) is 5.90. The highest BCUT2D eigenvalue weighted by Gasteiger charge is 2.14. The van der Waals surface area contributed by atoms with E-state index < -0.39 is 0 Å². The van der Waals surface area contributed by atoms with Gasteiger partial charge >= 0.3 is 0 Å². The summed E-state index contributed by atoms with van der Waals surface area (Å²) in [7, 11) is 0. The summed E-state index contributed by atoms with van der Waals surface area (Å²) in [6.45, 7) is 4.03. The van der Waals surface area contributed by atoms with E-state index in [-0.39, 0.29) is 5.75 Å². The number of anilines is 1. The van der Waals surface area contributed by atoms with Crippen molar-refractivity contribution in [3.05, 3.63) is 35.1 Å². The molecular weight excluding hydrogens is 286 g/mol. The predicted molar refractivity (Wildman–Crippen MR) is 84.9 cm³/mol. The Bertz CT molecular complexity index is 654. The van der Waals surface area contributed by atoms with E-state index in [1.165, 1.54) is 19.3 Å². The van der Waals surface area contributed by atoms with Crippen LogP contribution in [0.5, 0.6) is 5.75 Å². The molecule has 110 valence electrons. The molecule has 1 fully saturated rings. The maximum atomic E-state index is 9.66. The Kier molecular flexibility index (Phi) is 3.97. The fraction of sp³-hybridized carbons (Fsp3) is 0.375. The van der Waals surface area contributed by atoms with E-state index >= 15 is 0 Å². The van der Waals surface area contributed by atoms with Gasteiger partial charge in [0.1, 0.15) is 17.9 Å². The molecule has 3 rings (SSSR count). The minimum absolute atomic E-state index is 0.100. The van der Waals surface area contributed by atoms with Crippen LogP contribution in [0.2, 0.25) is 5.02 Å². The third-order valence-electron chi connectivity index (χ3n) is 3.90. The van der Waals surface area contributed by atoms with Gasteiger partial charge in [-0.3, -0.25) is 0 Å². The zero-order valence-electron chi connectivity index (χ0n) is 12.0. The zero-order valence-corrected chi connectivity index (χ0v) is 12.8. The summed E-state index contributed by atoms with van der Waals surface area (Å²) in [5, 5.41) is 10.00. The first-order valence-electron chi connectivity index (χ1n) is 7.21. The highest BCUT2D eigenvalue weighted by atomic mass is 35.5. The van der Waals surface area contributed by atoms with Crippen LogP contribution in [0.3, 0.4) is 0 Å². The van der Waals surface area contributed by atoms with Crippen LogP contribution >= 0.6 is 11.6 Å². The zero-order chi connectivity index (χ0) is 14.8. The third-order valence-corrected chi connectivity index (χ3v) is 4.21. The fourth-order valence-corrected chi connectivity index (χ4v) is 2.90. The maximum absolute atomic E-state index is 9.66. The molecule has 0 atom stereocenters. The summed E-state index contributed by atoms with van der Waals surface area (Å²) in [4.78, 5) is 11.0. The first-order valence-corrected chi connectivity index (χ1v) is 7.59. The van der Waals surface area contributed by atoms with E-state index in [1.807, 2.05) is 13.0 Å². The van der Waals surface area contributed by atoms with Crippen LogP contribution in [0, 0.1) is 6.92 Å². The van der Waals surface area contributed by atoms with Gasteiger partial charge in [0.05, 0.1) is 10.7 Å². The highest BCUT2D eigenvalue weighted by Crippen LogP contribution is 2.32. The van der Waals surface area contributed by atoms with Gasteiger partial charge < -0.3 is 10.0 Å². The number of aromatic hydroxyl groups is 1. The fourth-order valence-electron chi connectivity index (χ4n) is 2.73. The number of benzene rings is 1. The van der Waals surface area contributed by atoms with Crippen molar-refractivity contribution in [2.75, 3.05) is 18.0 Å². The van der Waals surface area contributed by atoms with Crippen LogP contribution in [0.25, 0.3) is 11.3 Å². The van der Waals surface area contributed by atoms with Crippen LogP contribution in [0.4, 0.5) is 5.82 Å². The van der Waals surface area contributed by atoms with Gasteiger partial charge in [0.2, 0.25) is 0 Å². The Balaban J connectivity index is 1.97. The quantitative estimate of drug-likeness (QED) is 0.916. The first kappa shape index (κ1) is 14.1. The van der Waals surface area contributed by atoms with Crippen molar-refractivity contribution in [1.29, 1.82) is 0 Å². The van der Waals surface area contributed by atoms with Gasteiger partial charge in [-0.1, -0.05) is 11.6 Å². The van der Waals surface area contributed by atoms with Crippen molar-refractivity contribution in [3.8, 4) is 17.0 Å². The maximum Gasteiger partial charge on any atom is 0.134 e. The summed E-state index contributed by atoms with van der Waals surface area (Å²) in [5.41, 5.74) is 2.71. The van der Waals surface area contributed by atoms with Gasteiger partial charge in [0.25, 0.3) is 0 Å². The Labute approximate surface area is 129 Å². The molecule has 1 aliphatic heterocycles. The van der Waals surface area contributed by atoms with E-state index in [4.69, 9.17) is 11.6 Å². The largest absolute Gasteiger partial charge is 0.506 e. The minimum Gasteiger partial charge on any atom is -0.506 e. The molecule has 0 spiro atoms. The molecule has 0 amide bonds. The lowest BCUT2D eigenvalue weighted by atomic mass is 10.0. The normalized spacial score (nSPS) is 15.2. The molecule has 1 saturated heterocycles. The molecule has 1 aromatic heterocycles. The van der Waals surface area contributed by atoms with Gasteiger partial charge in [-0.05, 0) is 43.9 Å². The van der Waals surface area contributed by atoms with Crippen molar-refractivity contribution >= 4 is 17.4 Å². The molecule has 5 heteroatoms. The van der Waals surface area contributed by atoms with Gasteiger partial charge in [-0.25, -0.2) is 9.97 Å². The number of halogens is 1. The number of aryl methyl sites for hydroxylation is 1. The summed E-state index contributed by atoms with van der Waals surface area (Å²) in [5.74, 6) is 1.06. The molecule has 0 aliphatic carbocycles. The van der Waals surface area contributed by atoms with E-state index in [0.717, 1.165) is 35.7 Å². The van der Waals surface area contributed by atoms with E-state index in [2.05, 4.69) is 14.9 Å². The van der Waals surface area contributed by atoms with Gasteiger partial charge in [-0.15, -0.1) is 0 Å². The number of piperidine rings is 1. The number of phenols is 1. The topological polar surface area (TPSA) is 49.2 Å². The summed E-state index contributed by atoms with van der Waals surface area (Å²) < 4.78 is 0. The molecule has 0 unspecified atom stereocenters. The van der Waals surface area contributed by atoms with Crippen LogP contribution in [0.1, 0.15) is 24.8 Å². The first-order chi connectivity index (χ1) is 10.1. The lowest BCUT2D eigenvalue weighted by Gasteiger charge is -2.27. The Morgan fingerprint density at radius 2 is 1.86 bits per heavy atom. The number of rotatable bonds is 2. The van der Waals surface area contributed by atoms with Crippen LogP contribution in [-0.4, -0.2) is 28.2 Å². The molecule has 0 saturated carbocycles. The molecule has 1 N–H and O–H groups in total. The van der Waals surface area contributed by atoms with Gasteiger partial charge in [0, 0.05) is 24.7 Å². The Hall–Kier alpha value is -1.81. The summed E-state index contributed by atoms with van der Waals surface area (Å²) >= 11 is 6.02. The molecule has 2 aromatic rings. The molecule has 4 nitrogen and oxygen atoms in total. The molecule has 0 radical (unpaired) electrons. The lowest BCUT2D eigenvalue weighted by Crippen LogP contribution is -2.30. The van der Waals surface area contributed by atoms with E-state index in [1.54, 1.807) is 18.5 Å². The minimum atomic E-state index is 0.100. The second-order valence-corrected chi connectivity index (χ2v) is 5.83. The number of nitrogens with zero attached hydrogens (tertiary/aromatic N) is 3. The average molecular weight is 304 g/mol. The lowest BCUT2D eigenvalue weighted by molar-refractivity contribution is 0.475. The van der Waals surface area contributed by atoms with E-state index in [9.17, 15) is 5.11 Å².